The summed E-state index contributed by atoms with van der Waals surface area (Å²) in [7, 11) is 1.55. The molecule has 0 aliphatic heterocycles. The fourth-order valence-electron chi connectivity index (χ4n) is 0.805. The molecule has 3 heteroatoms. The number of rotatable bonds is 5. The molecule has 0 saturated heterocycles. The Kier molecular flexibility index (Phi) is 6.54. The number of allylic oxidation sites excluding steroid dienone is 3. The molecule has 0 rings (SSSR count). The minimum atomic E-state index is -0.902. The quantitative estimate of drug-likeness (QED) is 0.688. The number of amides is 1. The molecule has 0 aliphatic rings. The molecule has 0 atom stereocenters. The highest BCUT2D eigenvalue weighted by atomic mass is 16.4. The average molecular weight is 197 g/mol. The van der Waals surface area contributed by atoms with E-state index in [4.69, 9.17) is 5.11 Å². The number of hydrogen-bond donors (Lipinski definition) is 1. The zero-order valence-corrected chi connectivity index (χ0v) is 9.10. The van der Waals surface area contributed by atoms with E-state index in [-0.39, 0.29) is 0 Å². The molecule has 0 radical (unpaired) electrons. The van der Waals surface area contributed by atoms with Crippen molar-refractivity contribution in [1.29, 1.82) is 0 Å². The normalized spacial score (nSPS) is 11.7. The second-order valence-electron chi connectivity index (χ2n) is 3.65. The van der Waals surface area contributed by atoms with Crippen molar-refractivity contribution in [1.82, 2.24) is 4.90 Å². The van der Waals surface area contributed by atoms with Crippen molar-refractivity contribution in [2.45, 2.75) is 20.3 Å². The number of carbonyl (C=O) groups is 1. The fourth-order valence-corrected chi connectivity index (χ4v) is 0.805. The SMILES string of the molecule is CC(C)C/C=C/C=C/CN(C)C(=O)O. The lowest BCUT2D eigenvalue weighted by atomic mass is 10.1. The van der Waals surface area contributed by atoms with Gasteiger partial charge in [-0.15, -0.1) is 0 Å². The lowest BCUT2D eigenvalue weighted by molar-refractivity contribution is 0.160. The Morgan fingerprint density at radius 2 is 1.93 bits per heavy atom. The Hall–Kier alpha value is -1.25. The summed E-state index contributed by atoms with van der Waals surface area (Å²) in [5.74, 6) is 0.668. The van der Waals surface area contributed by atoms with Crippen LogP contribution in [0.15, 0.2) is 24.3 Å². The molecule has 0 spiro atoms. The fraction of sp³-hybridized carbons (Fsp3) is 0.545. The van der Waals surface area contributed by atoms with E-state index in [0.717, 1.165) is 6.42 Å². The second kappa shape index (κ2) is 7.18. The summed E-state index contributed by atoms with van der Waals surface area (Å²) >= 11 is 0. The van der Waals surface area contributed by atoms with Gasteiger partial charge in [0.15, 0.2) is 0 Å². The van der Waals surface area contributed by atoms with Crippen molar-refractivity contribution in [2.75, 3.05) is 13.6 Å². The van der Waals surface area contributed by atoms with Crippen LogP contribution in [0, 0.1) is 5.92 Å². The summed E-state index contributed by atoms with van der Waals surface area (Å²) in [6.07, 6.45) is 7.89. The number of nitrogens with zero attached hydrogens (tertiary/aromatic N) is 1. The standard InChI is InChI=1S/C11H19NO2/c1-10(2)8-6-4-5-7-9-12(3)11(13)14/h4-7,10H,8-9H2,1-3H3,(H,13,14)/b6-4+,7-5+. The van der Waals surface area contributed by atoms with E-state index >= 15 is 0 Å². The summed E-state index contributed by atoms with van der Waals surface area (Å²) < 4.78 is 0. The van der Waals surface area contributed by atoms with Crippen LogP contribution in [-0.2, 0) is 0 Å². The van der Waals surface area contributed by atoms with Crippen LogP contribution in [0.4, 0.5) is 4.79 Å². The monoisotopic (exact) mass is 197 g/mol. The highest BCUT2D eigenvalue weighted by Crippen LogP contribution is 1.99. The van der Waals surface area contributed by atoms with Crippen LogP contribution in [-0.4, -0.2) is 29.7 Å². The molecule has 0 fully saturated rings. The van der Waals surface area contributed by atoms with Crippen molar-refractivity contribution in [3.05, 3.63) is 24.3 Å². The van der Waals surface area contributed by atoms with Crippen molar-refractivity contribution in [2.24, 2.45) is 5.92 Å². The van der Waals surface area contributed by atoms with E-state index in [1.54, 1.807) is 7.05 Å². The summed E-state index contributed by atoms with van der Waals surface area (Å²) in [5.41, 5.74) is 0. The van der Waals surface area contributed by atoms with Gasteiger partial charge < -0.3 is 10.0 Å². The number of likely N-dealkylation sites (N-methyl/N-ethyl adjacent to an activating group) is 1. The first-order valence-electron chi connectivity index (χ1n) is 4.79. The molecule has 0 aromatic rings. The van der Waals surface area contributed by atoms with Crippen molar-refractivity contribution < 1.29 is 9.90 Å². The van der Waals surface area contributed by atoms with Gasteiger partial charge in [0, 0.05) is 13.6 Å². The first-order valence-corrected chi connectivity index (χ1v) is 4.79. The van der Waals surface area contributed by atoms with Gasteiger partial charge in [0.2, 0.25) is 0 Å². The lowest BCUT2D eigenvalue weighted by Crippen LogP contribution is -2.24. The summed E-state index contributed by atoms with van der Waals surface area (Å²) in [6, 6.07) is 0. The Balaban J connectivity index is 3.63. The number of hydrogen-bond acceptors (Lipinski definition) is 1. The average Bonchev–Trinajstić information content (AvgIpc) is 2.09. The molecule has 0 bridgehead atoms. The topological polar surface area (TPSA) is 40.5 Å². The van der Waals surface area contributed by atoms with Gasteiger partial charge in [-0.3, -0.25) is 0 Å². The third-order valence-electron chi connectivity index (χ3n) is 1.70. The molecule has 0 aliphatic carbocycles. The van der Waals surface area contributed by atoms with Crippen LogP contribution in [0.1, 0.15) is 20.3 Å². The predicted molar refractivity (Wildman–Crippen MR) is 58.4 cm³/mol. The van der Waals surface area contributed by atoms with Crippen molar-refractivity contribution in [3.8, 4) is 0 Å². The van der Waals surface area contributed by atoms with Gasteiger partial charge >= 0.3 is 6.09 Å². The highest BCUT2D eigenvalue weighted by molar-refractivity contribution is 5.64. The first kappa shape index (κ1) is 12.8. The molecule has 0 aromatic heterocycles. The maximum Gasteiger partial charge on any atom is 0.407 e. The van der Waals surface area contributed by atoms with E-state index < -0.39 is 6.09 Å². The van der Waals surface area contributed by atoms with E-state index in [1.807, 2.05) is 18.2 Å². The molecule has 3 nitrogen and oxygen atoms in total. The Morgan fingerprint density at radius 1 is 1.36 bits per heavy atom. The number of carboxylic acid groups (broad SMARTS) is 1. The van der Waals surface area contributed by atoms with Crippen molar-refractivity contribution >= 4 is 6.09 Å². The lowest BCUT2D eigenvalue weighted by Gasteiger charge is -2.08. The third-order valence-corrected chi connectivity index (χ3v) is 1.70. The zero-order chi connectivity index (χ0) is 11.0. The van der Waals surface area contributed by atoms with Gasteiger partial charge in [-0.2, -0.15) is 0 Å². The molecule has 0 unspecified atom stereocenters. The van der Waals surface area contributed by atoms with Crippen LogP contribution >= 0.6 is 0 Å². The molecule has 0 aromatic carbocycles. The third kappa shape index (κ3) is 7.40. The predicted octanol–water partition coefficient (Wildman–Crippen LogP) is 2.75. The highest BCUT2D eigenvalue weighted by Gasteiger charge is 1.99. The molecular formula is C11H19NO2. The Bertz CT molecular complexity index is 219. The van der Waals surface area contributed by atoms with Gasteiger partial charge in [-0.05, 0) is 12.3 Å². The van der Waals surface area contributed by atoms with Crippen LogP contribution in [0.3, 0.4) is 0 Å². The minimum absolute atomic E-state index is 0.432. The minimum Gasteiger partial charge on any atom is -0.465 e. The maximum atomic E-state index is 10.4. The van der Waals surface area contributed by atoms with E-state index in [9.17, 15) is 4.79 Å². The van der Waals surface area contributed by atoms with Crippen LogP contribution in [0.25, 0.3) is 0 Å². The van der Waals surface area contributed by atoms with E-state index in [1.165, 1.54) is 4.90 Å². The Morgan fingerprint density at radius 3 is 2.43 bits per heavy atom. The molecule has 80 valence electrons. The second-order valence-corrected chi connectivity index (χ2v) is 3.65. The molecule has 0 saturated carbocycles. The van der Waals surface area contributed by atoms with E-state index in [0.29, 0.717) is 12.5 Å². The summed E-state index contributed by atoms with van der Waals surface area (Å²) in [5, 5.41) is 8.53. The van der Waals surface area contributed by atoms with Crippen LogP contribution in [0.5, 0.6) is 0 Å². The smallest absolute Gasteiger partial charge is 0.407 e. The molecule has 1 N–H and O–H groups in total. The largest absolute Gasteiger partial charge is 0.465 e. The Labute approximate surface area is 85.7 Å². The van der Waals surface area contributed by atoms with Gasteiger partial charge in [0.1, 0.15) is 0 Å². The first-order chi connectivity index (χ1) is 6.54. The van der Waals surface area contributed by atoms with Gasteiger partial charge in [-0.25, -0.2) is 4.79 Å². The molecule has 14 heavy (non-hydrogen) atoms. The van der Waals surface area contributed by atoms with Crippen LogP contribution < -0.4 is 0 Å². The molecular weight excluding hydrogens is 178 g/mol. The van der Waals surface area contributed by atoms with Gasteiger partial charge in [0.25, 0.3) is 0 Å². The summed E-state index contributed by atoms with van der Waals surface area (Å²) in [4.78, 5) is 11.6. The van der Waals surface area contributed by atoms with Gasteiger partial charge in [-0.1, -0.05) is 38.2 Å². The molecule has 1 amide bonds. The maximum absolute atomic E-state index is 10.4. The van der Waals surface area contributed by atoms with Crippen LogP contribution in [0.2, 0.25) is 0 Å². The zero-order valence-electron chi connectivity index (χ0n) is 9.10. The molecule has 0 heterocycles. The van der Waals surface area contributed by atoms with Gasteiger partial charge in [0.05, 0.1) is 0 Å². The van der Waals surface area contributed by atoms with E-state index in [2.05, 4.69) is 19.9 Å². The van der Waals surface area contributed by atoms with Crippen molar-refractivity contribution in [3.63, 3.8) is 0 Å². The summed E-state index contributed by atoms with van der Waals surface area (Å²) in [6.45, 7) is 4.75.